The number of halogens is 2. The molecule has 1 nitrogen and oxygen atoms in total. The van der Waals surface area contributed by atoms with Gasteiger partial charge in [-0.3, -0.25) is 0 Å². The summed E-state index contributed by atoms with van der Waals surface area (Å²) in [5, 5.41) is 3.67. The van der Waals surface area contributed by atoms with Crippen LogP contribution in [0.15, 0.2) is 34.8 Å². The second-order valence-corrected chi connectivity index (χ2v) is 7.45. The maximum atomic E-state index is 6.08. The van der Waals surface area contributed by atoms with Crippen molar-refractivity contribution in [2.75, 3.05) is 0 Å². The van der Waals surface area contributed by atoms with Gasteiger partial charge in [0, 0.05) is 21.9 Å². The second kappa shape index (κ2) is 5.96. The molecule has 1 atom stereocenters. The molecule has 1 aromatic carbocycles. The van der Waals surface area contributed by atoms with Crippen LogP contribution in [0.1, 0.15) is 34.9 Å². The molecule has 0 amide bonds. The highest BCUT2D eigenvalue weighted by molar-refractivity contribution is 9.10. The summed E-state index contributed by atoms with van der Waals surface area (Å²) in [6, 6.07) is 11.4. The SMILES string of the molecule is Clc1sc(CNC2CCCc3ccccc32)cc1Br. The van der Waals surface area contributed by atoms with Crippen molar-refractivity contribution in [3.05, 3.63) is 55.1 Å². The predicted octanol–water partition coefficient (Wildman–Crippen LogP) is 5.33. The van der Waals surface area contributed by atoms with E-state index in [1.807, 2.05) is 0 Å². The van der Waals surface area contributed by atoms with E-state index in [4.69, 9.17) is 11.6 Å². The van der Waals surface area contributed by atoms with Crippen molar-refractivity contribution in [2.24, 2.45) is 0 Å². The summed E-state index contributed by atoms with van der Waals surface area (Å²) in [5.74, 6) is 0. The van der Waals surface area contributed by atoms with Crippen LogP contribution in [0.25, 0.3) is 0 Å². The van der Waals surface area contributed by atoms with Crippen molar-refractivity contribution in [1.82, 2.24) is 5.32 Å². The van der Waals surface area contributed by atoms with E-state index in [1.165, 1.54) is 35.3 Å². The summed E-state index contributed by atoms with van der Waals surface area (Å²) >= 11 is 11.2. The molecular weight excluding hydrogens is 342 g/mol. The van der Waals surface area contributed by atoms with E-state index in [1.54, 1.807) is 11.3 Å². The lowest BCUT2D eigenvalue weighted by molar-refractivity contribution is 0.461. The van der Waals surface area contributed by atoms with Gasteiger partial charge in [0.25, 0.3) is 0 Å². The van der Waals surface area contributed by atoms with Crippen LogP contribution in [-0.4, -0.2) is 0 Å². The first-order valence-electron chi connectivity index (χ1n) is 6.49. The number of thiophene rings is 1. The van der Waals surface area contributed by atoms with Gasteiger partial charge in [-0.2, -0.15) is 0 Å². The Balaban J connectivity index is 1.71. The third kappa shape index (κ3) is 3.05. The first-order chi connectivity index (χ1) is 9.24. The molecule has 0 spiro atoms. The van der Waals surface area contributed by atoms with Crippen molar-refractivity contribution in [3.63, 3.8) is 0 Å². The van der Waals surface area contributed by atoms with E-state index in [0.29, 0.717) is 6.04 Å². The van der Waals surface area contributed by atoms with Crippen LogP contribution in [0, 0.1) is 0 Å². The van der Waals surface area contributed by atoms with E-state index < -0.39 is 0 Å². The van der Waals surface area contributed by atoms with Crippen molar-refractivity contribution in [1.29, 1.82) is 0 Å². The van der Waals surface area contributed by atoms with Gasteiger partial charge < -0.3 is 5.32 Å². The molecule has 1 heterocycles. The molecule has 1 unspecified atom stereocenters. The summed E-state index contributed by atoms with van der Waals surface area (Å²) in [5.41, 5.74) is 2.96. The van der Waals surface area contributed by atoms with Crippen molar-refractivity contribution < 1.29 is 0 Å². The molecule has 2 aromatic rings. The van der Waals surface area contributed by atoms with Crippen molar-refractivity contribution in [2.45, 2.75) is 31.8 Å². The minimum absolute atomic E-state index is 0.476. The second-order valence-electron chi connectivity index (χ2n) is 4.86. The molecule has 0 saturated heterocycles. The molecule has 1 N–H and O–H groups in total. The van der Waals surface area contributed by atoms with Gasteiger partial charge in [0.05, 0.1) is 0 Å². The Hall–Kier alpha value is -0.350. The molecule has 3 rings (SSSR count). The highest BCUT2D eigenvalue weighted by atomic mass is 79.9. The van der Waals surface area contributed by atoms with Crippen LogP contribution in [0.4, 0.5) is 0 Å². The minimum atomic E-state index is 0.476. The average molecular weight is 357 g/mol. The standard InChI is InChI=1S/C15H15BrClNS/c16-13-8-11(19-15(13)17)9-18-14-7-3-5-10-4-1-2-6-12(10)14/h1-2,4,6,8,14,18H,3,5,7,9H2. The Labute approximate surface area is 131 Å². The first kappa shape index (κ1) is 13.6. The monoisotopic (exact) mass is 355 g/mol. The molecule has 0 bridgehead atoms. The fourth-order valence-electron chi connectivity index (χ4n) is 2.67. The quantitative estimate of drug-likeness (QED) is 0.783. The van der Waals surface area contributed by atoms with E-state index in [0.717, 1.165) is 15.4 Å². The zero-order valence-corrected chi connectivity index (χ0v) is 13.6. The molecule has 19 heavy (non-hydrogen) atoms. The minimum Gasteiger partial charge on any atom is -0.305 e. The van der Waals surface area contributed by atoms with Crippen LogP contribution in [0.2, 0.25) is 4.34 Å². The lowest BCUT2D eigenvalue weighted by Crippen LogP contribution is -2.24. The largest absolute Gasteiger partial charge is 0.305 e. The number of hydrogen-bond acceptors (Lipinski definition) is 2. The van der Waals surface area contributed by atoms with E-state index >= 15 is 0 Å². The Bertz CT molecular complexity index is 562. The Morgan fingerprint density at radius 3 is 3.00 bits per heavy atom. The molecule has 100 valence electrons. The fraction of sp³-hybridized carbons (Fsp3) is 0.333. The number of benzene rings is 1. The van der Waals surface area contributed by atoms with Gasteiger partial charge in [-0.25, -0.2) is 0 Å². The molecule has 0 radical (unpaired) electrons. The Kier molecular flexibility index (Phi) is 4.27. The van der Waals surface area contributed by atoms with Crippen LogP contribution >= 0.6 is 38.9 Å². The molecule has 0 saturated carbocycles. The number of hydrogen-bond donors (Lipinski definition) is 1. The summed E-state index contributed by atoms with van der Waals surface area (Å²) in [6.45, 7) is 0.884. The Morgan fingerprint density at radius 2 is 2.21 bits per heavy atom. The lowest BCUT2D eigenvalue weighted by atomic mass is 9.88. The summed E-state index contributed by atoms with van der Waals surface area (Å²) in [4.78, 5) is 1.28. The average Bonchev–Trinajstić information content (AvgIpc) is 2.75. The molecule has 1 aliphatic carbocycles. The van der Waals surface area contributed by atoms with Gasteiger partial charge in [0.15, 0.2) is 0 Å². The maximum absolute atomic E-state index is 6.08. The number of aryl methyl sites for hydroxylation is 1. The molecule has 1 aromatic heterocycles. The number of nitrogens with one attached hydrogen (secondary N) is 1. The van der Waals surface area contributed by atoms with Gasteiger partial charge in [-0.1, -0.05) is 35.9 Å². The number of fused-ring (bicyclic) bond motifs is 1. The van der Waals surface area contributed by atoms with Crippen LogP contribution in [-0.2, 0) is 13.0 Å². The molecule has 1 aliphatic rings. The van der Waals surface area contributed by atoms with E-state index in [9.17, 15) is 0 Å². The van der Waals surface area contributed by atoms with Crippen molar-refractivity contribution in [3.8, 4) is 0 Å². The summed E-state index contributed by atoms with van der Waals surface area (Å²) in [6.07, 6.45) is 3.70. The van der Waals surface area contributed by atoms with Gasteiger partial charge in [-0.05, 0) is 52.4 Å². The highest BCUT2D eigenvalue weighted by Gasteiger charge is 2.19. The topological polar surface area (TPSA) is 12.0 Å². The third-order valence-electron chi connectivity index (χ3n) is 3.59. The van der Waals surface area contributed by atoms with Crippen LogP contribution in [0.5, 0.6) is 0 Å². The summed E-state index contributed by atoms with van der Waals surface area (Å²) < 4.78 is 1.83. The first-order valence-corrected chi connectivity index (χ1v) is 8.47. The van der Waals surface area contributed by atoms with Crippen LogP contribution < -0.4 is 5.32 Å². The molecule has 0 fully saturated rings. The van der Waals surface area contributed by atoms with Gasteiger partial charge in [0.2, 0.25) is 0 Å². The van der Waals surface area contributed by atoms with Gasteiger partial charge in [0.1, 0.15) is 4.34 Å². The summed E-state index contributed by atoms with van der Waals surface area (Å²) in [7, 11) is 0. The predicted molar refractivity (Wildman–Crippen MR) is 86.0 cm³/mol. The molecule has 0 aliphatic heterocycles. The smallest absolute Gasteiger partial charge is 0.107 e. The van der Waals surface area contributed by atoms with E-state index in [2.05, 4.69) is 51.6 Å². The lowest BCUT2D eigenvalue weighted by Gasteiger charge is -2.26. The van der Waals surface area contributed by atoms with Gasteiger partial charge in [-0.15, -0.1) is 11.3 Å². The molecule has 4 heteroatoms. The fourth-order valence-corrected chi connectivity index (χ4v) is 4.41. The third-order valence-corrected chi connectivity index (χ3v) is 6.06. The highest BCUT2D eigenvalue weighted by Crippen LogP contribution is 2.33. The Morgan fingerprint density at radius 1 is 1.37 bits per heavy atom. The molecular formula is C15H15BrClNS. The van der Waals surface area contributed by atoms with Crippen molar-refractivity contribution >= 4 is 38.9 Å². The number of rotatable bonds is 3. The zero-order chi connectivity index (χ0) is 13.2. The van der Waals surface area contributed by atoms with E-state index in [-0.39, 0.29) is 0 Å². The van der Waals surface area contributed by atoms with Crippen LogP contribution in [0.3, 0.4) is 0 Å². The maximum Gasteiger partial charge on any atom is 0.107 e. The zero-order valence-electron chi connectivity index (χ0n) is 10.5. The normalized spacial score (nSPS) is 18.3. The van der Waals surface area contributed by atoms with Gasteiger partial charge >= 0.3 is 0 Å².